The number of hydrogen-bond acceptors (Lipinski definition) is 6. The fraction of sp³-hybridized carbons (Fsp3) is 0.278. The molecule has 2 aromatic rings. The molecule has 9 nitrogen and oxygen atoms in total. The number of rotatable bonds is 6. The molecule has 0 atom stereocenters. The zero-order chi connectivity index (χ0) is 20.9. The van der Waals surface area contributed by atoms with E-state index in [4.69, 9.17) is 4.74 Å². The van der Waals surface area contributed by atoms with E-state index in [0.717, 1.165) is 0 Å². The molecule has 1 amide bonds. The third-order valence-electron chi connectivity index (χ3n) is 3.26. The Labute approximate surface area is 162 Å². The summed E-state index contributed by atoms with van der Waals surface area (Å²) in [5.74, 6) is -0.432. The van der Waals surface area contributed by atoms with E-state index in [-0.39, 0.29) is 16.9 Å². The third kappa shape index (κ3) is 6.88. The molecule has 0 radical (unpaired) electrons. The van der Waals surface area contributed by atoms with Crippen molar-refractivity contribution in [3.8, 4) is 0 Å². The maximum Gasteiger partial charge on any atom is 0.412 e. The number of carbonyl (C=O) groups is 1. The minimum Gasteiger partial charge on any atom is -0.444 e. The van der Waals surface area contributed by atoms with Gasteiger partial charge in [-0.25, -0.2) is 13.2 Å². The average molecular weight is 407 g/mol. The summed E-state index contributed by atoms with van der Waals surface area (Å²) in [6, 6.07) is 11.5. The van der Waals surface area contributed by atoms with Crippen LogP contribution in [-0.4, -0.2) is 25.0 Å². The maximum atomic E-state index is 12.4. The maximum absolute atomic E-state index is 12.4. The quantitative estimate of drug-likeness (QED) is 0.552. The van der Waals surface area contributed by atoms with Crippen molar-refractivity contribution in [2.24, 2.45) is 0 Å². The molecule has 0 aliphatic heterocycles. The van der Waals surface area contributed by atoms with E-state index < -0.39 is 32.4 Å². The van der Waals surface area contributed by atoms with Crippen molar-refractivity contribution >= 4 is 33.2 Å². The number of ether oxygens (including phenoxy) is 1. The number of anilines is 2. The summed E-state index contributed by atoms with van der Waals surface area (Å²) < 4.78 is 32.3. The molecule has 0 heterocycles. The Morgan fingerprint density at radius 3 is 2.39 bits per heavy atom. The molecule has 0 saturated carbocycles. The number of sulfonamides is 1. The molecule has 0 fully saturated rings. The van der Waals surface area contributed by atoms with Crippen LogP contribution in [0.3, 0.4) is 0 Å². The summed E-state index contributed by atoms with van der Waals surface area (Å²) in [5, 5.41) is 13.3. The Bertz CT molecular complexity index is 983. The molecule has 10 heteroatoms. The van der Waals surface area contributed by atoms with Gasteiger partial charge in [0.05, 0.1) is 16.4 Å². The molecule has 150 valence electrons. The standard InChI is InChI=1S/C18H21N3O6S/c1-18(2,3)27-17(22)19-14-7-5-8-15(11-14)20-28(25,26)12-13-6-4-9-16(10-13)21(23)24/h4-11,20H,12H2,1-3H3,(H,19,22). The van der Waals surface area contributed by atoms with Crippen molar-refractivity contribution in [1.82, 2.24) is 0 Å². The second kappa shape index (κ2) is 8.26. The zero-order valence-corrected chi connectivity index (χ0v) is 16.4. The highest BCUT2D eigenvalue weighted by Gasteiger charge is 2.17. The van der Waals surface area contributed by atoms with Gasteiger partial charge in [-0.2, -0.15) is 0 Å². The number of amides is 1. The minimum absolute atomic E-state index is 0.184. The van der Waals surface area contributed by atoms with Gasteiger partial charge in [0.25, 0.3) is 5.69 Å². The van der Waals surface area contributed by atoms with Gasteiger partial charge in [-0.15, -0.1) is 0 Å². The average Bonchev–Trinajstić information content (AvgIpc) is 2.52. The van der Waals surface area contributed by atoms with Crippen molar-refractivity contribution < 1.29 is 22.9 Å². The Morgan fingerprint density at radius 1 is 1.11 bits per heavy atom. The summed E-state index contributed by atoms with van der Waals surface area (Å²) in [6.45, 7) is 5.18. The SMILES string of the molecule is CC(C)(C)OC(=O)Nc1cccc(NS(=O)(=O)Cc2cccc([N+](=O)[O-])c2)c1. The number of nitrogens with zero attached hydrogens (tertiary/aromatic N) is 1. The summed E-state index contributed by atoms with van der Waals surface area (Å²) in [5.41, 5.74) is 0.0199. The van der Waals surface area contributed by atoms with Gasteiger partial charge < -0.3 is 4.74 Å². The summed E-state index contributed by atoms with van der Waals surface area (Å²) in [4.78, 5) is 22.1. The van der Waals surface area contributed by atoms with Crippen LogP contribution in [0.1, 0.15) is 26.3 Å². The van der Waals surface area contributed by atoms with Gasteiger partial charge in [0.2, 0.25) is 10.0 Å². The monoisotopic (exact) mass is 407 g/mol. The minimum atomic E-state index is -3.82. The number of nitrogens with one attached hydrogen (secondary N) is 2. The predicted molar refractivity (Wildman–Crippen MR) is 106 cm³/mol. The van der Waals surface area contributed by atoms with Crippen LogP contribution in [0.5, 0.6) is 0 Å². The smallest absolute Gasteiger partial charge is 0.412 e. The van der Waals surface area contributed by atoms with E-state index in [1.54, 1.807) is 32.9 Å². The van der Waals surface area contributed by atoms with E-state index in [1.165, 1.54) is 36.4 Å². The number of carbonyl (C=O) groups excluding carboxylic acids is 1. The van der Waals surface area contributed by atoms with Crippen molar-refractivity contribution in [3.63, 3.8) is 0 Å². The highest BCUT2D eigenvalue weighted by atomic mass is 32.2. The summed E-state index contributed by atoms with van der Waals surface area (Å²) in [6.07, 6.45) is -0.663. The Morgan fingerprint density at radius 2 is 1.75 bits per heavy atom. The molecule has 2 rings (SSSR count). The zero-order valence-electron chi connectivity index (χ0n) is 15.6. The highest BCUT2D eigenvalue weighted by Crippen LogP contribution is 2.20. The first-order valence-electron chi connectivity index (χ1n) is 8.27. The number of non-ortho nitro benzene ring substituents is 1. The van der Waals surface area contributed by atoms with Crippen LogP contribution in [0.15, 0.2) is 48.5 Å². The lowest BCUT2D eigenvalue weighted by Gasteiger charge is -2.19. The van der Waals surface area contributed by atoms with Crippen molar-refractivity contribution in [2.45, 2.75) is 32.1 Å². The molecule has 28 heavy (non-hydrogen) atoms. The Hall–Kier alpha value is -3.14. The van der Waals surface area contributed by atoms with Crippen molar-refractivity contribution in [2.75, 3.05) is 10.0 Å². The first-order chi connectivity index (χ1) is 12.9. The Kier molecular flexibility index (Phi) is 6.24. The van der Waals surface area contributed by atoms with Gasteiger partial charge in [-0.05, 0) is 44.5 Å². The number of nitro benzene ring substituents is 1. The van der Waals surface area contributed by atoms with E-state index >= 15 is 0 Å². The second-order valence-corrected chi connectivity index (χ2v) is 8.72. The molecule has 0 spiro atoms. The summed E-state index contributed by atoms with van der Waals surface area (Å²) >= 11 is 0. The van der Waals surface area contributed by atoms with Crippen molar-refractivity contribution in [3.05, 3.63) is 64.2 Å². The Balaban J connectivity index is 2.09. The normalized spacial score (nSPS) is 11.5. The van der Waals surface area contributed by atoms with E-state index in [9.17, 15) is 23.3 Å². The molecular formula is C18H21N3O6S. The molecular weight excluding hydrogens is 386 g/mol. The van der Waals surface area contributed by atoms with E-state index in [0.29, 0.717) is 5.69 Å². The molecule has 0 saturated heterocycles. The van der Waals surface area contributed by atoms with Gasteiger partial charge in [0.1, 0.15) is 5.60 Å². The lowest BCUT2D eigenvalue weighted by molar-refractivity contribution is -0.384. The summed E-state index contributed by atoms with van der Waals surface area (Å²) in [7, 11) is -3.82. The van der Waals surface area contributed by atoms with Crippen LogP contribution in [-0.2, 0) is 20.5 Å². The molecule has 0 bridgehead atoms. The topological polar surface area (TPSA) is 128 Å². The molecule has 0 aromatic heterocycles. The fourth-order valence-corrected chi connectivity index (χ4v) is 3.45. The fourth-order valence-electron chi connectivity index (χ4n) is 2.28. The van der Waals surface area contributed by atoms with Crippen LogP contribution in [0.4, 0.5) is 21.9 Å². The first-order valence-corrected chi connectivity index (χ1v) is 9.93. The molecule has 2 N–H and O–H groups in total. The molecule has 0 aliphatic carbocycles. The van der Waals surface area contributed by atoms with Crippen LogP contribution in [0.2, 0.25) is 0 Å². The third-order valence-corrected chi connectivity index (χ3v) is 4.52. The highest BCUT2D eigenvalue weighted by molar-refractivity contribution is 7.91. The lowest BCUT2D eigenvalue weighted by atomic mass is 10.2. The van der Waals surface area contributed by atoms with E-state index in [2.05, 4.69) is 10.0 Å². The van der Waals surface area contributed by atoms with Crippen LogP contribution in [0.25, 0.3) is 0 Å². The number of benzene rings is 2. The first kappa shape index (κ1) is 21.2. The second-order valence-electron chi connectivity index (χ2n) is 7.00. The van der Waals surface area contributed by atoms with E-state index in [1.807, 2.05) is 0 Å². The van der Waals surface area contributed by atoms with Gasteiger partial charge in [0.15, 0.2) is 0 Å². The van der Waals surface area contributed by atoms with Crippen LogP contribution >= 0.6 is 0 Å². The molecule has 2 aromatic carbocycles. The van der Waals surface area contributed by atoms with Crippen molar-refractivity contribution in [1.29, 1.82) is 0 Å². The van der Waals surface area contributed by atoms with Gasteiger partial charge in [-0.3, -0.25) is 20.2 Å². The largest absolute Gasteiger partial charge is 0.444 e. The molecule has 0 unspecified atom stereocenters. The number of nitro groups is 1. The lowest BCUT2D eigenvalue weighted by Crippen LogP contribution is -2.27. The number of hydrogen-bond donors (Lipinski definition) is 2. The van der Waals surface area contributed by atoms with Gasteiger partial charge >= 0.3 is 6.09 Å². The molecule has 0 aliphatic rings. The van der Waals surface area contributed by atoms with Crippen LogP contribution in [0, 0.1) is 10.1 Å². The van der Waals surface area contributed by atoms with Gasteiger partial charge in [0, 0.05) is 17.8 Å². The van der Waals surface area contributed by atoms with Gasteiger partial charge in [-0.1, -0.05) is 18.2 Å². The predicted octanol–water partition coefficient (Wildman–Crippen LogP) is 3.88. The van der Waals surface area contributed by atoms with Crippen LogP contribution < -0.4 is 10.0 Å².